The third kappa shape index (κ3) is 9.95. The maximum Gasteiger partial charge on any atom is 0.321 e. The van der Waals surface area contributed by atoms with Crippen LogP contribution in [0.15, 0.2) is 83.0 Å². The average molecular weight is 707 g/mol. The number of hydrogen-bond donors (Lipinski definition) is 2. The lowest BCUT2D eigenvalue weighted by Gasteiger charge is -2.38. The van der Waals surface area contributed by atoms with Gasteiger partial charge in [-0.2, -0.15) is 9.21 Å². The zero-order valence-corrected chi connectivity index (χ0v) is 30.6. The first kappa shape index (κ1) is 38.6. The molecular formula is C37H50N6O6S. The van der Waals surface area contributed by atoms with Crippen LogP contribution in [-0.4, -0.2) is 88.9 Å². The molecule has 1 aliphatic rings. The van der Waals surface area contributed by atoms with Gasteiger partial charge in [0.2, 0.25) is 15.9 Å². The van der Waals surface area contributed by atoms with Crippen LogP contribution >= 0.6 is 0 Å². The highest BCUT2D eigenvalue weighted by molar-refractivity contribution is 7.89. The van der Waals surface area contributed by atoms with Gasteiger partial charge in [-0.25, -0.2) is 13.2 Å². The summed E-state index contributed by atoms with van der Waals surface area (Å²) in [4.78, 5) is 46.4. The molecule has 270 valence electrons. The second-order valence-electron chi connectivity index (χ2n) is 14.5. The number of amides is 3. The number of carbonyl (C=O) groups is 2. The number of aliphatic hydroxyl groups is 1. The van der Waals surface area contributed by atoms with Crippen molar-refractivity contribution < 1.29 is 23.1 Å². The fraction of sp³-hybridized carbons (Fsp3) is 0.486. The lowest BCUT2D eigenvalue weighted by molar-refractivity contribution is -0.130. The van der Waals surface area contributed by atoms with Crippen LogP contribution < -0.4 is 5.32 Å². The van der Waals surface area contributed by atoms with Gasteiger partial charge in [0.25, 0.3) is 0 Å². The Bertz CT molecular complexity index is 1690. The first-order valence-corrected chi connectivity index (χ1v) is 18.4. The minimum Gasteiger partial charge on any atom is -0.390 e. The van der Waals surface area contributed by atoms with E-state index in [0.717, 1.165) is 16.8 Å². The van der Waals surface area contributed by atoms with E-state index >= 15 is 0 Å². The number of aryl methyl sites for hydroxylation is 1. The second-order valence-corrected chi connectivity index (χ2v) is 16.4. The number of nitroso groups, excluding NO2 is 1. The number of hydrogen-bond acceptors (Lipinski definition) is 8. The Morgan fingerprint density at radius 3 is 2.22 bits per heavy atom. The van der Waals surface area contributed by atoms with Gasteiger partial charge in [-0.3, -0.25) is 9.78 Å². The minimum atomic E-state index is -4.06. The van der Waals surface area contributed by atoms with E-state index in [1.807, 2.05) is 84.0 Å². The maximum absolute atomic E-state index is 14.3. The van der Waals surface area contributed by atoms with Crippen molar-refractivity contribution in [3.05, 3.63) is 100 Å². The molecule has 3 amide bonds. The Labute approximate surface area is 295 Å². The summed E-state index contributed by atoms with van der Waals surface area (Å²) in [6.45, 7) is 12.3. The van der Waals surface area contributed by atoms with Gasteiger partial charge in [0.15, 0.2) is 0 Å². The molecule has 1 saturated heterocycles. The predicted molar refractivity (Wildman–Crippen MR) is 192 cm³/mol. The number of aliphatic hydroxyl groups excluding tert-OH is 1. The standard InChI is InChI=1S/C37H50N6O6S/c1-26(2)23-42(50(48,49)31-16-14-29(15-17-31)22-39-47)25-33(44)32(20-28-10-8-7-9-11-28)40-35(45)34(37(4,5)6)43-19-18-41(36(43)46)24-30-13-12-27(3)38-21-30/h7-17,21,26,32-34,44H,18-20,22-25H2,1-6H3,(H,40,45)/t32-,33+,34+/m0/s1. The highest BCUT2D eigenvalue weighted by Crippen LogP contribution is 2.29. The van der Waals surface area contributed by atoms with Crippen molar-refractivity contribution in [3.63, 3.8) is 0 Å². The third-order valence-corrected chi connectivity index (χ3v) is 10.6. The SMILES string of the molecule is Cc1ccc(CN2CCN([C@H](C(=O)N[C@@H](Cc3ccccc3)[C@H](O)CN(CC(C)C)S(=O)(=O)c3ccc(CN=O)cc3)C(C)(C)C)C2=O)cn1. The molecule has 0 bridgehead atoms. The summed E-state index contributed by atoms with van der Waals surface area (Å²) in [5.74, 6) is -0.495. The number of nitrogens with zero attached hydrogens (tertiary/aromatic N) is 5. The zero-order chi connectivity index (χ0) is 36.6. The number of carbonyl (C=O) groups excluding carboxylic acids is 2. The van der Waals surface area contributed by atoms with Gasteiger partial charge >= 0.3 is 6.03 Å². The van der Waals surface area contributed by atoms with Gasteiger partial charge in [-0.05, 0) is 59.6 Å². The van der Waals surface area contributed by atoms with Crippen molar-refractivity contribution in [2.75, 3.05) is 26.2 Å². The minimum absolute atomic E-state index is 0.0231. The van der Waals surface area contributed by atoms with Gasteiger partial charge in [0.05, 0.1) is 17.0 Å². The van der Waals surface area contributed by atoms with E-state index in [4.69, 9.17) is 0 Å². The van der Waals surface area contributed by atoms with Gasteiger partial charge in [0.1, 0.15) is 12.6 Å². The summed E-state index contributed by atoms with van der Waals surface area (Å²) in [5.41, 5.74) is 2.54. The van der Waals surface area contributed by atoms with Crippen molar-refractivity contribution >= 4 is 22.0 Å². The largest absolute Gasteiger partial charge is 0.390 e. The lowest BCUT2D eigenvalue weighted by Crippen LogP contribution is -2.59. The summed E-state index contributed by atoms with van der Waals surface area (Å²) >= 11 is 0. The Balaban J connectivity index is 1.59. The van der Waals surface area contributed by atoms with Crippen LogP contribution in [0.4, 0.5) is 4.79 Å². The Morgan fingerprint density at radius 2 is 1.64 bits per heavy atom. The maximum atomic E-state index is 14.3. The molecule has 3 atom stereocenters. The summed E-state index contributed by atoms with van der Waals surface area (Å²) in [6.07, 6.45) is 0.679. The quantitative estimate of drug-likeness (QED) is 0.204. The molecule has 0 unspecified atom stereocenters. The number of benzene rings is 2. The topological polar surface area (TPSA) is 153 Å². The molecule has 0 spiro atoms. The Morgan fingerprint density at radius 1 is 0.980 bits per heavy atom. The number of aromatic nitrogens is 1. The molecule has 1 fully saturated rings. The molecule has 2 aromatic carbocycles. The second kappa shape index (κ2) is 16.7. The van der Waals surface area contributed by atoms with E-state index in [0.29, 0.717) is 25.2 Å². The van der Waals surface area contributed by atoms with Crippen LogP contribution in [-0.2, 0) is 34.3 Å². The van der Waals surface area contributed by atoms with Crippen LogP contribution in [0.1, 0.15) is 57.0 Å². The summed E-state index contributed by atoms with van der Waals surface area (Å²) in [7, 11) is -4.06. The lowest BCUT2D eigenvalue weighted by atomic mass is 9.84. The smallest absolute Gasteiger partial charge is 0.321 e. The fourth-order valence-corrected chi connectivity index (χ4v) is 7.84. The highest BCUT2D eigenvalue weighted by Gasteiger charge is 2.44. The summed E-state index contributed by atoms with van der Waals surface area (Å²) in [6, 6.07) is 17.1. The van der Waals surface area contributed by atoms with E-state index in [1.54, 1.807) is 28.1 Å². The number of nitrogens with one attached hydrogen (secondary N) is 1. The van der Waals surface area contributed by atoms with Crippen LogP contribution in [0.2, 0.25) is 0 Å². The van der Waals surface area contributed by atoms with E-state index in [-0.39, 0.29) is 42.9 Å². The molecular weight excluding hydrogens is 657 g/mol. The van der Waals surface area contributed by atoms with Gasteiger partial charge in [-0.15, -0.1) is 0 Å². The van der Waals surface area contributed by atoms with Crippen molar-refractivity contribution in [1.82, 2.24) is 24.4 Å². The van der Waals surface area contributed by atoms with Crippen molar-refractivity contribution in [2.24, 2.45) is 16.5 Å². The molecule has 1 aromatic heterocycles. The first-order valence-electron chi connectivity index (χ1n) is 17.0. The Hall–Kier alpha value is -4.20. The average Bonchev–Trinajstić information content (AvgIpc) is 3.40. The number of rotatable bonds is 16. The van der Waals surface area contributed by atoms with Gasteiger partial charge < -0.3 is 20.2 Å². The molecule has 3 aromatic rings. The molecule has 0 saturated carbocycles. The normalized spacial score (nSPS) is 15.7. The molecule has 2 N–H and O–H groups in total. The third-order valence-electron chi connectivity index (χ3n) is 8.71. The zero-order valence-electron chi connectivity index (χ0n) is 29.8. The highest BCUT2D eigenvalue weighted by atomic mass is 32.2. The molecule has 13 heteroatoms. The molecule has 2 heterocycles. The van der Waals surface area contributed by atoms with E-state index in [9.17, 15) is 28.0 Å². The van der Waals surface area contributed by atoms with Crippen LogP contribution in [0, 0.1) is 23.2 Å². The van der Waals surface area contributed by atoms with Gasteiger partial charge in [0, 0.05) is 44.6 Å². The van der Waals surface area contributed by atoms with Crippen LogP contribution in [0.25, 0.3) is 0 Å². The van der Waals surface area contributed by atoms with Crippen LogP contribution in [0.5, 0.6) is 0 Å². The summed E-state index contributed by atoms with van der Waals surface area (Å²) < 4.78 is 29.0. The number of urea groups is 1. The fourth-order valence-electron chi connectivity index (χ4n) is 6.22. The molecule has 12 nitrogen and oxygen atoms in total. The number of pyridine rings is 1. The monoisotopic (exact) mass is 706 g/mol. The summed E-state index contributed by atoms with van der Waals surface area (Å²) in [5, 5.41) is 17.7. The van der Waals surface area contributed by atoms with Crippen LogP contribution in [0.3, 0.4) is 0 Å². The predicted octanol–water partition coefficient (Wildman–Crippen LogP) is 4.74. The molecule has 50 heavy (non-hydrogen) atoms. The molecule has 0 aliphatic carbocycles. The van der Waals surface area contributed by atoms with E-state index < -0.39 is 39.5 Å². The van der Waals surface area contributed by atoms with Crippen molar-refractivity contribution in [2.45, 2.75) is 84.1 Å². The molecule has 1 aliphatic heterocycles. The van der Waals surface area contributed by atoms with Crippen molar-refractivity contribution in [3.8, 4) is 0 Å². The van der Waals surface area contributed by atoms with Crippen molar-refractivity contribution in [1.29, 1.82) is 0 Å². The Kier molecular flexibility index (Phi) is 12.9. The first-order chi connectivity index (χ1) is 23.6. The molecule has 0 radical (unpaired) electrons. The van der Waals surface area contributed by atoms with E-state index in [2.05, 4.69) is 15.5 Å². The van der Waals surface area contributed by atoms with E-state index in [1.165, 1.54) is 16.4 Å². The molecule has 4 rings (SSSR count). The number of sulfonamides is 1. The van der Waals surface area contributed by atoms with Gasteiger partial charge in [-0.1, -0.05) is 88.3 Å².